The molecule has 0 aliphatic carbocycles. The van der Waals surface area contributed by atoms with Gasteiger partial charge in [-0.05, 0) is 19.3 Å². The first-order chi connectivity index (χ1) is 8.25. The van der Waals surface area contributed by atoms with E-state index in [0.717, 1.165) is 52.5 Å². The molecule has 0 aromatic carbocycles. The maximum atomic E-state index is 5.48. The van der Waals surface area contributed by atoms with Crippen LogP contribution in [-0.2, 0) is 9.47 Å². The second-order valence-corrected chi connectivity index (χ2v) is 5.43. The Bertz CT molecular complexity index is 219. The highest BCUT2D eigenvalue weighted by Crippen LogP contribution is 2.14. The summed E-state index contributed by atoms with van der Waals surface area (Å²) in [4.78, 5) is 2.49. The highest BCUT2D eigenvalue weighted by atomic mass is 16.5. The Hall–Kier alpha value is -0.160. The van der Waals surface area contributed by atoms with Crippen LogP contribution < -0.4 is 5.32 Å². The summed E-state index contributed by atoms with van der Waals surface area (Å²) >= 11 is 0. The fourth-order valence-corrected chi connectivity index (χ4v) is 2.72. The van der Waals surface area contributed by atoms with Crippen molar-refractivity contribution in [2.45, 2.75) is 32.4 Å². The van der Waals surface area contributed by atoms with E-state index in [1.807, 2.05) is 0 Å². The van der Waals surface area contributed by atoms with Crippen molar-refractivity contribution in [1.82, 2.24) is 10.2 Å². The lowest BCUT2D eigenvalue weighted by molar-refractivity contribution is 0.0226. The third-order valence-corrected chi connectivity index (χ3v) is 3.78. The summed E-state index contributed by atoms with van der Waals surface area (Å²) < 4.78 is 10.8. The normalized spacial score (nSPS) is 33.5. The molecule has 2 aliphatic rings. The van der Waals surface area contributed by atoms with Gasteiger partial charge >= 0.3 is 0 Å². The van der Waals surface area contributed by atoms with Crippen LogP contribution in [0.3, 0.4) is 0 Å². The monoisotopic (exact) mass is 242 g/mol. The van der Waals surface area contributed by atoms with Gasteiger partial charge in [0.15, 0.2) is 0 Å². The summed E-state index contributed by atoms with van der Waals surface area (Å²) in [5.41, 5.74) is 0. The minimum absolute atomic E-state index is 0.554. The lowest BCUT2D eigenvalue weighted by Crippen LogP contribution is -2.50. The molecular weight excluding hydrogens is 216 g/mol. The average molecular weight is 242 g/mol. The molecule has 2 rings (SSSR count). The first-order valence-corrected chi connectivity index (χ1v) is 6.89. The van der Waals surface area contributed by atoms with Crippen LogP contribution in [0.1, 0.15) is 20.3 Å². The Morgan fingerprint density at radius 1 is 1.24 bits per heavy atom. The van der Waals surface area contributed by atoms with Crippen molar-refractivity contribution < 1.29 is 9.47 Å². The maximum absolute atomic E-state index is 5.48. The zero-order valence-corrected chi connectivity index (χ0v) is 11.2. The molecule has 1 N–H and O–H groups in total. The van der Waals surface area contributed by atoms with E-state index in [9.17, 15) is 0 Å². The highest BCUT2D eigenvalue weighted by molar-refractivity contribution is 4.81. The zero-order valence-electron chi connectivity index (χ0n) is 11.2. The molecule has 0 saturated carbocycles. The molecule has 2 saturated heterocycles. The molecule has 0 amide bonds. The van der Waals surface area contributed by atoms with E-state index in [1.165, 1.54) is 0 Å². The molecule has 0 radical (unpaired) electrons. The number of morpholine rings is 1. The summed E-state index contributed by atoms with van der Waals surface area (Å²) in [6.07, 6.45) is 1.15. The van der Waals surface area contributed by atoms with Crippen molar-refractivity contribution in [1.29, 1.82) is 0 Å². The van der Waals surface area contributed by atoms with Gasteiger partial charge in [0.1, 0.15) is 0 Å². The van der Waals surface area contributed by atoms with Gasteiger partial charge in [0.25, 0.3) is 0 Å². The number of nitrogens with one attached hydrogen (secondary N) is 1. The van der Waals surface area contributed by atoms with Crippen molar-refractivity contribution in [3.05, 3.63) is 0 Å². The van der Waals surface area contributed by atoms with Crippen LogP contribution >= 0.6 is 0 Å². The third kappa shape index (κ3) is 4.21. The second kappa shape index (κ2) is 6.69. The third-order valence-electron chi connectivity index (χ3n) is 3.78. The van der Waals surface area contributed by atoms with Crippen molar-refractivity contribution in [2.24, 2.45) is 5.92 Å². The van der Waals surface area contributed by atoms with E-state index in [2.05, 4.69) is 24.1 Å². The number of nitrogens with zero attached hydrogens (tertiary/aromatic N) is 1. The van der Waals surface area contributed by atoms with E-state index in [0.29, 0.717) is 18.0 Å². The molecule has 0 bridgehead atoms. The maximum Gasteiger partial charge on any atom is 0.0594 e. The molecule has 3 unspecified atom stereocenters. The van der Waals surface area contributed by atoms with Gasteiger partial charge in [-0.15, -0.1) is 0 Å². The van der Waals surface area contributed by atoms with Crippen molar-refractivity contribution in [3.63, 3.8) is 0 Å². The SMILES string of the molecule is CC(CN1CCOCC1)NC1CCOCC1C. The molecule has 3 atom stereocenters. The second-order valence-electron chi connectivity index (χ2n) is 5.43. The molecule has 4 heteroatoms. The first kappa shape index (κ1) is 13.3. The first-order valence-electron chi connectivity index (χ1n) is 6.89. The molecule has 4 nitrogen and oxygen atoms in total. The summed E-state index contributed by atoms with van der Waals surface area (Å²) in [5.74, 6) is 0.635. The van der Waals surface area contributed by atoms with Crippen molar-refractivity contribution in [2.75, 3.05) is 46.1 Å². The summed E-state index contributed by atoms with van der Waals surface area (Å²) in [6.45, 7) is 11.4. The molecular formula is C13H26N2O2. The quantitative estimate of drug-likeness (QED) is 0.788. The van der Waals surface area contributed by atoms with Gasteiger partial charge in [0.05, 0.1) is 19.8 Å². The predicted molar refractivity (Wildman–Crippen MR) is 68.2 cm³/mol. The van der Waals surface area contributed by atoms with Gasteiger partial charge in [0.2, 0.25) is 0 Å². The molecule has 0 spiro atoms. The van der Waals surface area contributed by atoms with E-state index in [-0.39, 0.29) is 0 Å². The van der Waals surface area contributed by atoms with Crippen LogP contribution in [0.4, 0.5) is 0 Å². The Kier molecular flexibility index (Phi) is 5.22. The van der Waals surface area contributed by atoms with E-state index >= 15 is 0 Å². The standard InChI is InChI=1S/C13H26N2O2/c1-11-10-17-6-3-13(11)14-12(2)9-15-4-7-16-8-5-15/h11-14H,3-10H2,1-2H3. The van der Waals surface area contributed by atoms with Crippen LogP contribution in [0.15, 0.2) is 0 Å². The lowest BCUT2D eigenvalue weighted by Gasteiger charge is -2.35. The molecule has 2 aliphatic heterocycles. The molecule has 2 fully saturated rings. The van der Waals surface area contributed by atoms with Crippen LogP contribution in [0.25, 0.3) is 0 Å². The number of hydrogen-bond acceptors (Lipinski definition) is 4. The summed E-state index contributed by atoms with van der Waals surface area (Å²) in [5, 5.41) is 3.75. The zero-order chi connectivity index (χ0) is 12.1. The summed E-state index contributed by atoms with van der Waals surface area (Å²) in [6, 6.07) is 1.18. The predicted octanol–water partition coefficient (Wildman–Crippen LogP) is 0.722. The molecule has 2 heterocycles. The van der Waals surface area contributed by atoms with Gasteiger partial charge < -0.3 is 14.8 Å². The Morgan fingerprint density at radius 3 is 2.71 bits per heavy atom. The minimum atomic E-state index is 0.554. The van der Waals surface area contributed by atoms with Gasteiger partial charge in [0, 0.05) is 38.3 Å². The smallest absolute Gasteiger partial charge is 0.0594 e. The topological polar surface area (TPSA) is 33.7 Å². The van der Waals surface area contributed by atoms with Gasteiger partial charge in [-0.1, -0.05) is 6.92 Å². The van der Waals surface area contributed by atoms with Gasteiger partial charge in [-0.2, -0.15) is 0 Å². The molecule has 0 aromatic heterocycles. The van der Waals surface area contributed by atoms with E-state index in [1.54, 1.807) is 0 Å². The van der Waals surface area contributed by atoms with E-state index < -0.39 is 0 Å². The van der Waals surface area contributed by atoms with Crippen molar-refractivity contribution in [3.8, 4) is 0 Å². The number of rotatable bonds is 4. The minimum Gasteiger partial charge on any atom is -0.381 e. The lowest BCUT2D eigenvalue weighted by atomic mass is 9.97. The van der Waals surface area contributed by atoms with Gasteiger partial charge in [-0.25, -0.2) is 0 Å². The molecule has 0 aromatic rings. The van der Waals surface area contributed by atoms with Crippen LogP contribution in [-0.4, -0.2) is 63.0 Å². The fourth-order valence-electron chi connectivity index (χ4n) is 2.72. The molecule has 17 heavy (non-hydrogen) atoms. The largest absolute Gasteiger partial charge is 0.381 e. The fraction of sp³-hybridized carbons (Fsp3) is 1.00. The van der Waals surface area contributed by atoms with E-state index in [4.69, 9.17) is 9.47 Å². The van der Waals surface area contributed by atoms with Crippen LogP contribution in [0.5, 0.6) is 0 Å². The Morgan fingerprint density at radius 2 is 2.00 bits per heavy atom. The molecule has 100 valence electrons. The Balaban J connectivity index is 1.70. The number of hydrogen-bond donors (Lipinski definition) is 1. The van der Waals surface area contributed by atoms with Crippen molar-refractivity contribution >= 4 is 0 Å². The van der Waals surface area contributed by atoms with Crippen LogP contribution in [0, 0.1) is 5.92 Å². The number of ether oxygens (including phenoxy) is 2. The highest BCUT2D eigenvalue weighted by Gasteiger charge is 2.23. The average Bonchev–Trinajstić information content (AvgIpc) is 2.33. The van der Waals surface area contributed by atoms with Gasteiger partial charge in [-0.3, -0.25) is 4.90 Å². The summed E-state index contributed by atoms with van der Waals surface area (Å²) in [7, 11) is 0. The van der Waals surface area contributed by atoms with Crippen LogP contribution in [0.2, 0.25) is 0 Å². The Labute approximate surface area is 105 Å².